The molecule has 4 aromatic rings. The third-order valence-electron chi connectivity index (χ3n) is 5.78. The van der Waals surface area contributed by atoms with Crippen molar-refractivity contribution in [3.8, 4) is 10.6 Å². The van der Waals surface area contributed by atoms with Crippen LogP contribution in [0.3, 0.4) is 0 Å². The highest BCUT2D eigenvalue weighted by molar-refractivity contribution is 7.13. The van der Waals surface area contributed by atoms with Crippen molar-refractivity contribution < 1.29 is 9.53 Å². The number of rotatable bonds is 7. The van der Waals surface area contributed by atoms with E-state index < -0.39 is 0 Å². The Labute approximate surface area is 203 Å². The highest BCUT2D eigenvalue weighted by atomic mass is 32.1. The number of hydrogen-bond donors (Lipinski definition) is 1. The Hall–Kier alpha value is -3.49. The SMILES string of the molecule is CC1CN(c2ccc(CNC(=O)c3cn(Cc4ccccc4)nc3-c3cccs3)cn2)CCO1. The van der Waals surface area contributed by atoms with Crippen LogP contribution in [0.25, 0.3) is 10.6 Å². The third kappa shape index (κ3) is 5.18. The maximum absolute atomic E-state index is 13.1. The van der Waals surface area contributed by atoms with Crippen LogP contribution in [0.15, 0.2) is 72.4 Å². The van der Waals surface area contributed by atoms with Gasteiger partial charge in [-0.25, -0.2) is 4.98 Å². The average Bonchev–Trinajstić information content (AvgIpc) is 3.54. The molecule has 1 N–H and O–H groups in total. The number of benzene rings is 1. The highest BCUT2D eigenvalue weighted by Crippen LogP contribution is 2.27. The first kappa shape index (κ1) is 22.3. The molecule has 34 heavy (non-hydrogen) atoms. The molecule has 4 heterocycles. The maximum atomic E-state index is 13.1. The van der Waals surface area contributed by atoms with E-state index in [2.05, 4.69) is 34.3 Å². The second-order valence-electron chi connectivity index (χ2n) is 8.39. The molecular weight excluding hydrogens is 446 g/mol. The van der Waals surface area contributed by atoms with Gasteiger partial charge in [0.15, 0.2) is 0 Å². The summed E-state index contributed by atoms with van der Waals surface area (Å²) in [7, 11) is 0. The molecule has 3 aromatic heterocycles. The number of aromatic nitrogens is 3. The van der Waals surface area contributed by atoms with Crippen molar-refractivity contribution in [2.24, 2.45) is 0 Å². The lowest BCUT2D eigenvalue weighted by molar-refractivity contribution is 0.0529. The number of ether oxygens (including phenoxy) is 1. The Morgan fingerprint density at radius 3 is 2.76 bits per heavy atom. The maximum Gasteiger partial charge on any atom is 0.255 e. The minimum absolute atomic E-state index is 0.145. The van der Waals surface area contributed by atoms with Gasteiger partial charge in [0.2, 0.25) is 0 Å². The van der Waals surface area contributed by atoms with Gasteiger partial charge in [0.05, 0.1) is 29.7 Å². The van der Waals surface area contributed by atoms with Gasteiger partial charge in [0.25, 0.3) is 5.91 Å². The fraction of sp³-hybridized carbons (Fsp3) is 0.269. The zero-order valence-electron chi connectivity index (χ0n) is 19.1. The Morgan fingerprint density at radius 2 is 2.03 bits per heavy atom. The molecule has 8 heteroatoms. The minimum Gasteiger partial charge on any atom is -0.375 e. The molecule has 1 saturated heterocycles. The normalized spacial score (nSPS) is 15.9. The number of nitrogens with zero attached hydrogens (tertiary/aromatic N) is 4. The molecule has 1 aromatic carbocycles. The Bertz CT molecular complexity index is 1220. The summed E-state index contributed by atoms with van der Waals surface area (Å²) in [4.78, 5) is 21.0. The number of thiophene rings is 1. The number of pyridine rings is 1. The lowest BCUT2D eigenvalue weighted by Gasteiger charge is -2.32. The van der Waals surface area contributed by atoms with Crippen LogP contribution in [0.1, 0.15) is 28.4 Å². The summed E-state index contributed by atoms with van der Waals surface area (Å²) in [5.41, 5.74) is 3.37. The predicted octanol–water partition coefficient (Wildman–Crippen LogP) is 4.21. The van der Waals surface area contributed by atoms with Gasteiger partial charge >= 0.3 is 0 Å². The van der Waals surface area contributed by atoms with Gasteiger partial charge in [0.1, 0.15) is 11.5 Å². The van der Waals surface area contributed by atoms with E-state index in [1.165, 1.54) is 0 Å². The smallest absolute Gasteiger partial charge is 0.255 e. The molecular formula is C26H27N5O2S. The average molecular weight is 474 g/mol. The minimum atomic E-state index is -0.145. The monoisotopic (exact) mass is 473 g/mol. The van der Waals surface area contributed by atoms with Gasteiger partial charge in [-0.2, -0.15) is 5.10 Å². The van der Waals surface area contributed by atoms with Crippen molar-refractivity contribution in [3.05, 3.63) is 89.1 Å². The molecule has 0 spiro atoms. The summed E-state index contributed by atoms with van der Waals surface area (Å²) in [5, 5.41) is 9.77. The fourth-order valence-corrected chi connectivity index (χ4v) is 4.77. The van der Waals surface area contributed by atoms with E-state index in [4.69, 9.17) is 9.84 Å². The Morgan fingerprint density at radius 1 is 1.15 bits per heavy atom. The van der Waals surface area contributed by atoms with Crippen LogP contribution in [0.5, 0.6) is 0 Å². The molecule has 5 rings (SSSR count). The largest absolute Gasteiger partial charge is 0.375 e. The van der Waals surface area contributed by atoms with Crippen molar-refractivity contribution in [2.45, 2.75) is 26.1 Å². The summed E-state index contributed by atoms with van der Waals surface area (Å²) < 4.78 is 7.44. The molecule has 1 amide bonds. The Kier molecular flexibility index (Phi) is 6.69. The second kappa shape index (κ2) is 10.2. The van der Waals surface area contributed by atoms with Crippen LogP contribution in [-0.4, -0.2) is 46.5 Å². The number of nitrogens with one attached hydrogen (secondary N) is 1. The Balaban J connectivity index is 1.28. The van der Waals surface area contributed by atoms with Crippen LogP contribution < -0.4 is 10.2 Å². The van der Waals surface area contributed by atoms with E-state index in [0.717, 1.165) is 34.9 Å². The standard InChI is InChI=1S/C26H27N5O2S/c1-19-16-30(11-12-33-19)24-10-9-21(14-27-24)15-28-26(32)22-18-31(17-20-6-3-2-4-7-20)29-25(22)23-8-5-13-34-23/h2-10,13-14,18-19H,11-12,15-17H2,1H3,(H,28,32). The number of amides is 1. The number of morpholine rings is 1. The molecule has 1 atom stereocenters. The number of carbonyl (C=O) groups excluding carboxylic acids is 1. The second-order valence-corrected chi connectivity index (χ2v) is 9.33. The van der Waals surface area contributed by atoms with Crippen LogP contribution in [-0.2, 0) is 17.8 Å². The lowest BCUT2D eigenvalue weighted by atomic mass is 10.2. The molecule has 1 aliphatic heterocycles. The topological polar surface area (TPSA) is 72.3 Å². The molecule has 1 unspecified atom stereocenters. The van der Waals surface area contributed by atoms with E-state index in [0.29, 0.717) is 31.0 Å². The predicted molar refractivity (Wildman–Crippen MR) is 134 cm³/mol. The first-order valence-corrected chi connectivity index (χ1v) is 12.3. The molecule has 174 valence electrons. The van der Waals surface area contributed by atoms with Crippen LogP contribution in [0.4, 0.5) is 5.82 Å². The van der Waals surface area contributed by atoms with Crippen LogP contribution in [0, 0.1) is 0 Å². The number of carbonyl (C=O) groups is 1. The van der Waals surface area contributed by atoms with Gasteiger partial charge in [-0.1, -0.05) is 42.5 Å². The molecule has 0 radical (unpaired) electrons. The molecule has 1 fully saturated rings. The van der Waals surface area contributed by atoms with Crippen LogP contribution >= 0.6 is 11.3 Å². The molecule has 0 aliphatic carbocycles. The number of hydrogen-bond acceptors (Lipinski definition) is 6. The van der Waals surface area contributed by atoms with E-state index in [-0.39, 0.29) is 12.0 Å². The van der Waals surface area contributed by atoms with Crippen LogP contribution in [0.2, 0.25) is 0 Å². The van der Waals surface area contributed by atoms with E-state index >= 15 is 0 Å². The lowest BCUT2D eigenvalue weighted by Crippen LogP contribution is -2.41. The van der Waals surface area contributed by atoms with Gasteiger partial charge in [0, 0.05) is 32.0 Å². The van der Waals surface area contributed by atoms with Crippen molar-refractivity contribution in [1.29, 1.82) is 0 Å². The van der Waals surface area contributed by atoms with Crippen molar-refractivity contribution >= 4 is 23.1 Å². The highest BCUT2D eigenvalue weighted by Gasteiger charge is 2.20. The van der Waals surface area contributed by atoms with E-state index in [1.54, 1.807) is 11.3 Å². The van der Waals surface area contributed by atoms with Gasteiger partial charge in [-0.15, -0.1) is 11.3 Å². The molecule has 0 bridgehead atoms. The fourth-order valence-electron chi connectivity index (χ4n) is 4.05. The molecule has 1 aliphatic rings. The summed E-state index contributed by atoms with van der Waals surface area (Å²) in [6, 6.07) is 18.1. The van der Waals surface area contributed by atoms with Crippen molar-refractivity contribution in [1.82, 2.24) is 20.1 Å². The van der Waals surface area contributed by atoms with Gasteiger partial charge in [-0.05, 0) is 35.6 Å². The molecule has 7 nitrogen and oxygen atoms in total. The molecule has 0 saturated carbocycles. The van der Waals surface area contributed by atoms with E-state index in [9.17, 15) is 4.79 Å². The van der Waals surface area contributed by atoms with Gasteiger partial charge in [-0.3, -0.25) is 9.48 Å². The first-order chi connectivity index (χ1) is 16.7. The quantitative estimate of drug-likeness (QED) is 0.435. The van der Waals surface area contributed by atoms with Crippen molar-refractivity contribution in [2.75, 3.05) is 24.6 Å². The summed E-state index contributed by atoms with van der Waals surface area (Å²) in [6.07, 6.45) is 3.86. The zero-order chi connectivity index (χ0) is 23.3. The third-order valence-corrected chi connectivity index (χ3v) is 6.65. The van der Waals surface area contributed by atoms with E-state index in [1.807, 2.05) is 64.9 Å². The first-order valence-electron chi connectivity index (χ1n) is 11.4. The summed E-state index contributed by atoms with van der Waals surface area (Å²) in [6.45, 7) is 5.47. The van der Waals surface area contributed by atoms with Crippen molar-refractivity contribution in [3.63, 3.8) is 0 Å². The number of anilines is 1. The summed E-state index contributed by atoms with van der Waals surface area (Å²) in [5.74, 6) is 0.793. The van der Waals surface area contributed by atoms with Gasteiger partial charge < -0.3 is 15.0 Å². The zero-order valence-corrected chi connectivity index (χ0v) is 19.9. The summed E-state index contributed by atoms with van der Waals surface area (Å²) >= 11 is 1.58.